The fourth-order valence-electron chi connectivity index (χ4n) is 2.87. The molecule has 0 saturated carbocycles. The highest BCUT2D eigenvalue weighted by Crippen LogP contribution is 2.33. The molecule has 10 heteroatoms. The number of carbonyl (C=O) groups is 1. The second-order valence-electron chi connectivity index (χ2n) is 6.28. The number of benzene rings is 1. The Kier molecular flexibility index (Phi) is 5.67. The van der Waals surface area contributed by atoms with Crippen LogP contribution in [0.3, 0.4) is 0 Å². The minimum atomic E-state index is -0.404. The first kappa shape index (κ1) is 20.3. The summed E-state index contributed by atoms with van der Waals surface area (Å²) in [5, 5.41) is 10.8. The van der Waals surface area contributed by atoms with Crippen molar-refractivity contribution in [2.45, 2.75) is 13.5 Å². The van der Waals surface area contributed by atoms with Gasteiger partial charge in [0.15, 0.2) is 21.5 Å². The van der Waals surface area contributed by atoms with Crippen molar-refractivity contribution in [3.05, 3.63) is 70.3 Å². The normalized spacial score (nSPS) is 10.9. The molecule has 0 aliphatic heterocycles. The third kappa shape index (κ3) is 3.87. The number of furan rings is 1. The molecule has 30 heavy (non-hydrogen) atoms. The summed E-state index contributed by atoms with van der Waals surface area (Å²) in [6, 6.07) is 10.6. The number of thiazole rings is 1. The molecule has 1 aromatic carbocycles. The van der Waals surface area contributed by atoms with Crippen LogP contribution in [-0.2, 0) is 6.54 Å². The molecule has 0 bridgehead atoms. The van der Waals surface area contributed by atoms with Crippen LogP contribution in [0.2, 0.25) is 5.02 Å². The number of amides is 1. The minimum Gasteiger partial charge on any atom is -0.451 e. The van der Waals surface area contributed by atoms with Crippen molar-refractivity contribution in [1.82, 2.24) is 19.7 Å². The van der Waals surface area contributed by atoms with E-state index in [2.05, 4.69) is 27.1 Å². The maximum Gasteiger partial charge on any atom is 0.293 e. The summed E-state index contributed by atoms with van der Waals surface area (Å²) in [7, 11) is 0. The molecule has 0 spiro atoms. The van der Waals surface area contributed by atoms with Crippen LogP contribution in [0.4, 0.5) is 5.13 Å². The zero-order chi connectivity index (χ0) is 21.3. The van der Waals surface area contributed by atoms with Crippen molar-refractivity contribution in [2.75, 3.05) is 5.32 Å². The summed E-state index contributed by atoms with van der Waals surface area (Å²) in [6.07, 6.45) is 1.74. The van der Waals surface area contributed by atoms with Gasteiger partial charge in [-0.25, -0.2) is 4.98 Å². The van der Waals surface area contributed by atoms with E-state index in [1.807, 2.05) is 29.7 Å². The van der Waals surface area contributed by atoms with Crippen molar-refractivity contribution in [3.8, 4) is 22.0 Å². The number of aromatic amines is 1. The largest absolute Gasteiger partial charge is 0.451 e. The molecule has 0 fully saturated rings. The van der Waals surface area contributed by atoms with Crippen molar-refractivity contribution in [2.24, 2.45) is 0 Å². The third-order valence-electron chi connectivity index (χ3n) is 4.26. The monoisotopic (exact) mass is 457 g/mol. The van der Waals surface area contributed by atoms with Crippen LogP contribution in [0, 0.1) is 11.7 Å². The smallest absolute Gasteiger partial charge is 0.293 e. The Balaban J connectivity index is 1.57. The van der Waals surface area contributed by atoms with Gasteiger partial charge in [-0.2, -0.15) is 5.10 Å². The zero-order valence-corrected chi connectivity index (χ0v) is 18.2. The average molecular weight is 458 g/mol. The molecule has 0 aliphatic rings. The van der Waals surface area contributed by atoms with Crippen molar-refractivity contribution in [1.29, 1.82) is 0 Å². The lowest BCUT2D eigenvalue weighted by Gasteiger charge is -2.01. The van der Waals surface area contributed by atoms with Gasteiger partial charge in [-0.1, -0.05) is 41.1 Å². The van der Waals surface area contributed by atoms with E-state index in [1.165, 1.54) is 11.3 Å². The topological polar surface area (TPSA) is 88.7 Å². The van der Waals surface area contributed by atoms with Gasteiger partial charge in [0.2, 0.25) is 0 Å². The van der Waals surface area contributed by atoms with E-state index in [4.69, 9.17) is 28.2 Å². The van der Waals surface area contributed by atoms with Crippen LogP contribution in [0.1, 0.15) is 16.2 Å². The average Bonchev–Trinajstić information content (AvgIpc) is 3.43. The number of aryl methyl sites for hydroxylation is 1. The Morgan fingerprint density at radius 1 is 1.40 bits per heavy atom. The van der Waals surface area contributed by atoms with Gasteiger partial charge in [-0.3, -0.25) is 19.8 Å². The lowest BCUT2D eigenvalue weighted by Crippen LogP contribution is -2.10. The Morgan fingerprint density at radius 2 is 2.20 bits per heavy atom. The molecule has 4 aromatic rings. The van der Waals surface area contributed by atoms with Crippen LogP contribution in [0.25, 0.3) is 22.0 Å². The molecule has 3 heterocycles. The third-order valence-corrected chi connectivity index (χ3v) is 5.97. The summed E-state index contributed by atoms with van der Waals surface area (Å²) in [6.45, 7) is 6.11. The Bertz CT molecular complexity index is 1300. The highest BCUT2D eigenvalue weighted by Gasteiger charge is 2.19. The first-order valence-electron chi connectivity index (χ1n) is 8.88. The maximum atomic E-state index is 12.6. The molecule has 0 radical (unpaired) electrons. The van der Waals surface area contributed by atoms with E-state index >= 15 is 0 Å². The SMILES string of the molecule is C=CCn1c(-c2sc(NC(=O)c3ccc(-c4ccccc4Cl)o3)nc2C)n[nH]c1=S. The van der Waals surface area contributed by atoms with Gasteiger partial charge in [-0.15, -0.1) is 6.58 Å². The number of nitrogens with zero attached hydrogens (tertiary/aromatic N) is 3. The second-order valence-corrected chi connectivity index (χ2v) is 8.08. The Morgan fingerprint density at radius 3 is 2.97 bits per heavy atom. The first-order valence-corrected chi connectivity index (χ1v) is 10.5. The van der Waals surface area contributed by atoms with E-state index in [9.17, 15) is 4.79 Å². The van der Waals surface area contributed by atoms with E-state index in [0.29, 0.717) is 33.1 Å². The number of rotatable bonds is 6. The number of allylic oxidation sites excluding steroid dienone is 1. The number of nitrogens with one attached hydrogen (secondary N) is 2. The predicted octanol–water partition coefficient (Wildman–Crippen LogP) is 5.72. The van der Waals surface area contributed by atoms with Gasteiger partial charge < -0.3 is 4.42 Å². The van der Waals surface area contributed by atoms with E-state index < -0.39 is 5.91 Å². The van der Waals surface area contributed by atoms with Crippen molar-refractivity contribution < 1.29 is 9.21 Å². The number of carbonyl (C=O) groups excluding carboxylic acids is 1. The molecule has 0 unspecified atom stereocenters. The second kappa shape index (κ2) is 8.39. The summed E-state index contributed by atoms with van der Waals surface area (Å²) < 4.78 is 8.00. The molecule has 3 aromatic heterocycles. The van der Waals surface area contributed by atoms with Crippen LogP contribution in [0.15, 0.2) is 53.5 Å². The van der Waals surface area contributed by atoms with Crippen molar-refractivity contribution >= 4 is 46.2 Å². The van der Waals surface area contributed by atoms with Gasteiger partial charge in [0.25, 0.3) is 5.91 Å². The standard InChI is InChI=1S/C20H16ClN5O2S2/c1-3-10-26-17(24-25-20(26)29)16-11(2)22-19(30-16)23-18(27)15-9-8-14(28-15)12-6-4-5-7-13(12)21/h3-9H,1,10H2,2H3,(H,25,29)(H,22,23,27). The number of anilines is 1. The molecule has 2 N–H and O–H groups in total. The lowest BCUT2D eigenvalue weighted by molar-refractivity contribution is 0.0997. The van der Waals surface area contributed by atoms with Crippen LogP contribution >= 0.6 is 35.2 Å². The summed E-state index contributed by atoms with van der Waals surface area (Å²) in [4.78, 5) is 17.9. The molecule has 4 rings (SSSR count). The molecule has 7 nitrogen and oxygen atoms in total. The number of hydrogen-bond acceptors (Lipinski definition) is 6. The Labute approximate surface area is 186 Å². The molecule has 152 valence electrons. The molecule has 1 amide bonds. The van der Waals surface area contributed by atoms with Gasteiger partial charge in [0, 0.05) is 12.1 Å². The molecule has 0 saturated heterocycles. The highest BCUT2D eigenvalue weighted by atomic mass is 35.5. The fourth-order valence-corrected chi connectivity index (χ4v) is 4.27. The van der Waals surface area contributed by atoms with Gasteiger partial charge in [0.1, 0.15) is 5.76 Å². The summed E-state index contributed by atoms with van der Waals surface area (Å²) in [5.74, 6) is 0.920. The number of hydrogen-bond donors (Lipinski definition) is 2. The summed E-state index contributed by atoms with van der Waals surface area (Å²) >= 11 is 12.8. The first-order chi connectivity index (χ1) is 14.5. The predicted molar refractivity (Wildman–Crippen MR) is 121 cm³/mol. The number of H-pyrrole nitrogens is 1. The fraction of sp³-hybridized carbons (Fsp3) is 0.100. The number of aromatic nitrogens is 4. The minimum absolute atomic E-state index is 0.161. The molecule has 0 atom stereocenters. The number of halogens is 1. The van der Waals surface area contributed by atoms with E-state index in [0.717, 1.165) is 16.1 Å². The maximum absolute atomic E-state index is 12.6. The van der Waals surface area contributed by atoms with Crippen LogP contribution in [-0.4, -0.2) is 25.7 Å². The summed E-state index contributed by atoms with van der Waals surface area (Å²) in [5.41, 5.74) is 1.45. The molecular formula is C20H16ClN5O2S2. The quantitative estimate of drug-likeness (QED) is 0.285. The van der Waals surface area contributed by atoms with Gasteiger partial charge in [0.05, 0.1) is 15.6 Å². The van der Waals surface area contributed by atoms with E-state index in [1.54, 1.807) is 24.3 Å². The molecular weight excluding hydrogens is 442 g/mol. The van der Waals surface area contributed by atoms with Crippen LogP contribution < -0.4 is 5.32 Å². The van der Waals surface area contributed by atoms with Gasteiger partial charge in [-0.05, 0) is 43.4 Å². The van der Waals surface area contributed by atoms with Crippen LogP contribution in [0.5, 0.6) is 0 Å². The highest BCUT2D eigenvalue weighted by molar-refractivity contribution is 7.71. The van der Waals surface area contributed by atoms with Crippen molar-refractivity contribution in [3.63, 3.8) is 0 Å². The zero-order valence-electron chi connectivity index (χ0n) is 15.8. The molecule has 0 aliphatic carbocycles. The lowest BCUT2D eigenvalue weighted by atomic mass is 10.2. The van der Waals surface area contributed by atoms with Gasteiger partial charge >= 0.3 is 0 Å². The van der Waals surface area contributed by atoms with E-state index in [-0.39, 0.29) is 5.76 Å². The Hall–Kier alpha value is -3.01.